The molecule has 0 fully saturated rings. The van der Waals surface area contributed by atoms with Crippen LogP contribution < -0.4 is 5.73 Å². The van der Waals surface area contributed by atoms with Crippen LogP contribution in [0.2, 0.25) is 0 Å². The van der Waals surface area contributed by atoms with Crippen molar-refractivity contribution >= 4 is 0 Å². The molecule has 3 rings (SSSR count). The predicted octanol–water partition coefficient (Wildman–Crippen LogP) is 3.21. The van der Waals surface area contributed by atoms with E-state index in [4.69, 9.17) is 10.3 Å². The van der Waals surface area contributed by atoms with Crippen molar-refractivity contribution in [2.75, 3.05) is 6.54 Å². The SMILES string of the molecule is Cc1ccc(-c2noc(-c3ccccc3CCN)n2)cc1. The second-order valence-corrected chi connectivity index (χ2v) is 4.98. The fraction of sp³-hybridized carbons (Fsp3) is 0.176. The van der Waals surface area contributed by atoms with Crippen LogP contribution >= 0.6 is 0 Å². The maximum atomic E-state index is 5.65. The number of nitrogens with zero attached hydrogens (tertiary/aromatic N) is 2. The molecule has 4 nitrogen and oxygen atoms in total. The number of aromatic nitrogens is 2. The minimum Gasteiger partial charge on any atom is -0.334 e. The van der Waals surface area contributed by atoms with E-state index in [1.165, 1.54) is 5.56 Å². The van der Waals surface area contributed by atoms with Gasteiger partial charge in [0.1, 0.15) is 0 Å². The first-order chi connectivity index (χ1) is 10.3. The summed E-state index contributed by atoms with van der Waals surface area (Å²) < 4.78 is 5.42. The Hall–Kier alpha value is -2.46. The zero-order valence-electron chi connectivity index (χ0n) is 11.9. The molecule has 0 aliphatic carbocycles. The van der Waals surface area contributed by atoms with E-state index in [0.29, 0.717) is 18.3 Å². The molecule has 0 bridgehead atoms. The van der Waals surface area contributed by atoms with Gasteiger partial charge in [-0.05, 0) is 31.5 Å². The van der Waals surface area contributed by atoms with Crippen molar-refractivity contribution in [2.24, 2.45) is 5.73 Å². The first kappa shape index (κ1) is 13.5. The highest BCUT2D eigenvalue weighted by atomic mass is 16.5. The number of rotatable bonds is 4. The first-order valence-corrected chi connectivity index (χ1v) is 6.97. The van der Waals surface area contributed by atoms with E-state index in [-0.39, 0.29) is 0 Å². The van der Waals surface area contributed by atoms with Crippen LogP contribution in [0.5, 0.6) is 0 Å². The van der Waals surface area contributed by atoms with E-state index in [2.05, 4.69) is 17.1 Å². The summed E-state index contributed by atoms with van der Waals surface area (Å²) >= 11 is 0. The van der Waals surface area contributed by atoms with Crippen LogP contribution in [0.25, 0.3) is 22.8 Å². The van der Waals surface area contributed by atoms with E-state index >= 15 is 0 Å². The standard InChI is InChI=1S/C17H17N3O/c1-12-6-8-14(9-7-12)16-19-17(21-20-16)15-5-3-2-4-13(15)10-11-18/h2-9H,10-11,18H2,1H3. The molecule has 21 heavy (non-hydrogen) atoms. The average Bonchev–Trinajstić information content (AvgIpc) is 2.99. The fourth-order valence-corrected chi connectivity index (χ4v) is 2.26. The Labute approximate surface area is 123 Å². The van der Waals surface area contributed by atoms with Gasteiger partial charge in [0, 0.05) is 11.1 Å². The van der Waals surface area contributed by atoms with E-state index < -0.39 is 0 Å². The van der Waals surface area contributed by atoms with Gasteiger partial charge in [0.15, 0.2) is 0 Å². The van der Waals surface area contributed by atoms with Gasteiger partial charge in [0.25, 0.3) is 5.89 Å². The lowest BCUT2D eigenvalue weighted by atomic mass is 10.0. The Morgan fingerprint density at radius 2 is 1.81 bits per heavy atom. The average molecular weight is 279 g/mol. The fourth-order valence-electron chi connectivity index (χ4n) is 2.26. The van der Waals surface area contributed by atoms with Crippen LogP contribution in [0.4, 0.5) is 0 Å². The molecule has 0 saturated heterocycles. The molecule has 2 N–H and O–H groups in total. The van der Waals surface area contributed by atoms with E-state index in [1.54, 1.807) is 0 Å². The maximum Gasteiger partial charge on any atom is 0.258 e. The topological polar surface area (TPSA) is 64.9 Å². The number of aryl methyl sites for hydroxylation is 1. The van der Waals surface area contributed by atoms with Crippen LogP contribution in [0.1, 0.15) is 11.1 Å². The second-order valence-electron chi connectivity index (χ2n) is 4.98. The molecular weight excluding hydrogens is 262 g/mol. The van der Waals surface area contributed by atoms with Gasteiger partial charge < -0.3 is 10.3 Å². The number of hydrogen-bond acceptors (Lipinski definition) is 4. The first-order valence-electron chi connectivity index (χ1n) is 6.97. The van der Waals surface area contributed by atoms with Crippen LogP contribution in [-0.2, 0) is 6.42 Å². The molecule has 0 spiro atoms. The third-order valence-corrected chi connectivity index (χ3v) is 3.40. The summed E-state index contributed by atoms with van der Waals surface area (Å²) in [7, 11) is 0. The summed E-state index contributed by atoms with van der Waals surface area (Å²) in [6.07, 6.45) is 0.790. The lowest BCUT2D eigenvalue weighted by Crippen LogP contribution is -2.03. The number of hydrogen-bond donors (Lipinski definition) is 1. The third-order valence-electron chi connectivity index (χ3n) is 3.40. The monoisotopic (exact) mass is 279 g/mol. The maximum absolute atomic E-state index is 5.65. The summed E-state index contributed by atoms with van der Waals surface area (Å²) in [5.41, 5.74) is 9.88. The molecule has 0 radical (unpaired) electrons. The Bertz CT molecular complexity index is 732. The van der Waals surface area contributed by atoms with E-state index in [1.807, 2.05) is 48.5 Å². The zero-order valence-corrected chi connectivity index (χ0v) is 11.9. The minimum absolute atomic E-state index is 0.537. The van der Waals surface area contributed by atoms with Gasteiger partial charge in [0.2, 0.25) is 5.82 Å². The molecule has 0 aliphatic heterocycles. The zero-order chi connectivity index (χ0) is 14.7. The van der Waals surface area contributed by atoms with Gasteiger partial charge in [0.05, 0.1) is 0 Å². The molecule has 1 heterocycles. The molecule has 0 saturated carbocycles. The molecule has 0 unspecified atom stereocenters. The molecule has 2 aromatic carbocycles. The Kier molecular flexibility index (Phi) is 3.79. The summed E-state index contributed by atoms with van der Waals surface area (Å²) in [5, 5.41) is 4.08. The van der Waals surface area contributed by atoms with Crippen LogP contribution in [0.3, 0.4) is 0 Å². The van der Waals surface area contributed by atoms with Crippen LogP contribution in [0, 0.1) is 6.92 Å². The van der Waals surface area contributed by atoms with Gasteiger partial charge in [-0.1, -0.05) is 53.2 Å². The van der Waals surface area contributed by atoms with E-state index in [9.17, 15) is 0 Å². The van der Waals surface area contributed by atoms with Crippen molar-refractivity contribution in [3.05, 3.63) is 59.7 Å². The van der Waals surface area contributed by atoms with E-state index in [0.717, 1.165) is 23.1 Å². The highest BCUT2D eigenvalue weighted by Crippen LogP contribution is 2.25. The van der Waals surface area contributed by atoms with Crippen LogP contribution in [0.15, 0.2) is 53.1 Å². The van der Waals surface area contributed by atoms with Crippen molar-refractivity contribution < 1.29 is 4.52 Å². The van der Waals surface area contributed by atoms with Gasteiger partial charge in [-0.3, -0.25) is 0 Å². The molecule has 0 aliphatic rings. The molecule has 1 aromatic heterocycles. The summed E-state index contributed by atoms with van der Waals surface area (Å²) in [4.78, 5) is 4.50. The van der Waals surface area contributed by atoms with Gasteiger partial charge in [-0.15, -0.1) is 0 Å². The highest BCUT2D eigenvalue weighted by Gasteiger charge is 2.13. The van der Waals surface area contributed by atoms with Crippen molar-refractivity contribution in [2.45, 2.75) is 13.3 Å². The van der Waals surface area contributed by atoms with Crippen LogP contribution in [-0.4, -0.2) is 16.7 Å². The Morgan fingerprint density at radius 1 is 1.05 bits per heavy atom. The Morgan fingerprint density at radius 3 is 2.57 bits per heavy atom. The number of nitrogens with two attached hydrogens (primary N) is 1. The van der Waals surface area contributed by atoms with Crippen molar-refractivity contribution in [1.29, 1.82) is 0 Å². The molecular formula is C17H17N3O. The molecule has 3 aromatic rings. The summed E-state index contributed by atoms with van der Waals surface area (Å²) in [5.74, 6) is 1.14. The summed E-state index contributed by atoms with van der Waals surface area (Å²) in [6.45, 7) is 2.64. The third kappa shape index (κ3) is 2.85. The molecule has 4 heteroatoms. The summed E-state index contributed by atoms with van der Waals surface area (Å²) in [6, 6.07) is 16.0. The largest absolute Gasteiger partial charge is 0.334 e. The smallest absolute Gasteiger partial charge is 0.258 e. The molecule has 0 amide bonds. The van der Waals surface area contributed by atoms with Crippen molar-refractivity contribution in [3.63, 3.8) is 0 Å². The normalized spacial score (nSPS) is 10.8. The minimum atomic E-state index is 0.537. The van der Waals surface area contributed by atoms with Gasteiger partial charge in [-0.25, -0.2) is 0 Å². The molecule has 106 valence electrons. The predicted molar refractivity (Wildman–Crippen MR) is 82.7 cm³/mol. The second kappa shape index (κ2) is 5.89. The van der Waals surface area contributed by atoms with Gasteiger partial charge >= 0.3 is 0 Å². The quantitative estimate of drug-likeness (QED) is 0.796. The Balaban J connectivity index is 1.97. The highest BCUT2D eigenvalue weighted by molar-refractivity contribution is 5.62. The van der Waals surface area contributed by atoms with Crippen molar-refractivity contribution in [1.82, 2.24) is 10.1 Å². The lowest BCUT2D eigenvalue weighted by molar-refractivity contribution is 0.432. The van der Waals surface area contributed by atoms with Crippen molar-refractivity contribution in [3.8, 4) is 22.8 Å². The number of benzene rings is 2. The lowest BCUT2D eigenvalue weighted by Gasteiger charge is -2.03. The molecule has 0 atom stereocenters. The van der Waals surface area contributed by atoms with Gasteiger partial charge in [-0.2, -0.15) is 4.98 Å².